The first kappa shape index (κ1) is 12.0. The van der Waals surface area contributed by atoms with Gasteiger partial charge in [0, 0.05) is 32.6 Å². The Hall–Kier alpha value is -1.42. The monoisotopic (exact) mass is 249 g/mol. The van der Waals surface area contributed by atoms with Crippen molar-refractivity contribution in [2.75, 3.05) is 11.9 Å². The van der Waals surface area contributed by atoms with Crippen molar-refractivity contribution in [1.82, 2.24) is 0 Å². The van der Waals surface area contributed by atoms with Crippen LogP contribution in [0.25, 0.3) is 10.2 Å². The van der Waals surface area contributed by atoms with Crippen LogP contribution in [0, 0.1) is 6.92 Å². The molecule has 0 saturated carbocycles. The third-order valence-corrected chi connectivity index (χ3v) is 4.13. The van der Waals surface area contributed by atoms with E-state index in [9.17, 15) is 4.79 Å². The molecule has 1 amide bonds. The lowest BCUT2D eigenvalue weighted by Gasteiger charge is -2.13. The van der Waals surface area contributed by atoms with Gasteiger partial charge < -0.3 is 4.90 Å². The lowest BCUT2D eigenvalue weighted by atomic mass is 10.2. The standard InChI is InChI=1S/C13H17N2OS/c1-5-15-10(3)17-13-7-6-11(8-12(13)15)14(4)9(2)16/h6-8H,5H2,1-4H3/q+1. The summed E-state index contributed by atoms with van der Waals surface area (Å²) in [6, 6.07) is 6.18. The Morgan fingerprint density at radius 1 is 1.47 bits per heavy atom. The average molecular weight is 249 g/mol. The molecule has 2 aromatic rings. The van der Waals surface area contributed by atoms with Crippen molar-refractivity contribution in [2.45, 2.75) is 27.3 Å². The molecule has 0 fully saturated rings. The molecule has 0 aliphatic heterocycles. The third-order valence-electron chi connectivity index (χ3n) is 3.05. The molecular weight excluding hydrogens is 232 g/mol. The van der Waals surface area contributed by atoms with E-state index in [-0.39, 0.29) is 5.91 Å². The molecule has 0 spiro atoms. The van der Waals surface area contributed by atoms with Gasteiger partial charge in [0.25, 0.3) is 0 Å². The molecule has 17 heavy (non-hydrogen) atoms. The first-order valence-electron chi connectivity index (χ1n) is 5.72. The number of aromatic nitrogens is 1. The summed E-state index contributed by atoms with van der Waals surface area (Å²) in [4.78, 5) is 13.0. The molecule has 4 heteroatoms. The predicted octanol–water partition coefficient (Wildman–Crippen LogP) is 2.50. The van der Waals surface area contributed by atoms with E-state index < -0.39 is 0 Å². The van der Waals surface area contributed by atoms with Gasteiger partial charge in [0.2, 0.25) is 16.4 Å². The van der Waals surface area contributed by atoms with Crippen molar-refractivity contribution in [3.05, 3.63) is 23.2 Å². The molecule has 2 rings (SSSR count). The van der Waals surface area contributed by atoms with Gasteiger partial charge in [-0.05, 0) is 19.1 Å². The number of amides is 1. The van der Waals surface area contributed by atoms with Crippen molar-refractivity contribution < 1.29 is 9.36 Å². The summed E-state index contributed by atoms with van der Waals surface area (Å²) >= 11 is 1.79. The van der Waals surface area contributed by atoms with Crippen LogP contribution in [-0.4, -0.2) is 13.0 Å². The van der Waals surface area contributed by atoms with Crippen molar-refractivity contribution in [3.8, 4) is 0 Å². The van der Waals surface area contributed by atoms with E-state index in [1.54, 1.807) is 30.2 Å². The van der Waals surface area contributed by atoms with Crippen LogP contribution in [0.5, 0.6) is 0 Å². The molecular formula is C13H17N2OS+. The highest BCUT2D eigenvalue weighted by atomic mass is 32.1. The van der Waals surface area contributed by atoms with Crippen LogP contribution in [0.1, 0.15) is 18.9 Å². The van der Waals surface area contributed by atoms with Gasteiger partial charge >= 0.3 is 0 Å². The Bertz CT molecular complexity index is 574. The second kappa shape index (κ2) is 4.45. The number of carbonyl (C=O) groups excluding carboxylic acids is 1. The summed E-state index contributed by atoms with van der Waals surface area (Å²) in [6.45, 7) is 6.80. The fraction of sp³-hybridized carbons (Fsp3) is 0.385. The van der Waals surface area contributed by atoms with Gasteiger partial charge in [-0.3, -0.25) is 4.79 Å². The zero-order valence-corrected chi connectivity index (χ0v) is 11.5. The van der Waals surface area contributed by atoms with Gasteiger partial charge in [-0.2, -0.15) is 4.57 Å². The Kier molecular flexibility index (Phi) is 3.15. The zero-order valence-electron chi connectivity index (χ0n) is 10.7. The molecule has 0 aliphatic rings. The summed E-state index contributed by atoms with van der Waals surface area (Å²) < 4.78 is 3.54. The van der Waals surface area contributed by atoms with Gasteiger partial charge in [-0.25, -0.2) is 0 Å². The highest BCUT2D eigenvalue weighted by molar-refractivity contribution is 7.18. The van der Waals surface area contributed by atoms with Gasteiger partial charge in [-0.15, -0.1) is 0 Å². The van der Waals surface area contributed by atoms with Crippen molar-refractivity contribution in [2.24, 2.45) is 0 Å². The maximum Gasteiger partial charge on any atom is 0.235 e. The number of anilines is 1. The number of nitrogens with zero attached hydrogens (tertiary/aromatic N) is 2. The number of benzene rings is 1. The first-order valence-corrected chi connectivity index (χ1v) is 6.53. The van der Waals surface area contributed by atoms with E-state index in [1.807, 2.05) is 6.07 Å². The Morgan fingerprint density at radius 2 is 2.18 bits per heavy atom. The van der Waals surface area contributed by atoms with E-state index in [0.29, 0.717) is 0 Å². The molecule has 1 heterocycles. The van der Waals surface area contributed by atoms with Crippen LogP contribution in [0.4, 0.5) is 5.69 Å². The summed E-state index contributed by atoms with van der Waals surface area (Å²) in [5.74, 6) is 0.0550. The lowest BCUT2D eigenvalue weighted by Crippen LogP contribution is -2.33. The number of carbonyl (C=O) groups is 1. The van der Waals surface area contributed by atoms with E-state index >= 15 is 0 Å². The molecule has 1 aromatic heterocycles. The van der Waals surface area contributed by atoms with E-state index in [0.717, 1.165) is 12.2 Å². The first-order chi connectivity index (χ1) is 8.04. The Balaban J connectivity index is 2.59. The van der Waals surface area contributed by atoms with Gasteiger partial charge in [0.05, 0.1) is 0 Å². The van der Waals surface area contributed by atoms with E-state index in [4.69, 9.17) is 0 Å². The summed E-state index contributed by atoms with van der Waals surface area (Å²) in [5, 5.41) is 1.30. The number of hydrogen-bond acceptors (Lipinski definition) is 2. The minimum Gasteiger partial charge on any atom is -0.315 e. The smallest absolute Gasteiger partial charge is 0.235 e. The molecule has 0 aliphatic carbocycles. The molecule has 1 aromatic carbocycles. The molecule has 0 atom stereocenters. The second-order valence-electron chi connectivity index (χ2n) is 4.10. The SMILES string of the molecule is CC[n+]1c(C)sc2ccc(N(C)C(C)=O)cc21. The molecule has 3 nitrogen and oxygen atoms in total. The second-order valence-corrected chi connectivity index (χ2v) is 5.33. The predicted molar refractivity (Wildman–Crippen MR) is 71.5 cm³/mol. The summed E-state index contributed by atoms with van der Waals surface area (Å²) in [7, 11) is 1.80. The minimum absolute atomic E-state index is 0.0550. The maximum absolute atomic E-state index is 11.4. The number of thiazole rings is 1. The molecule has 0 unspecified atom stereocenters. The van der Waals surface area contributed by atoms with Crippen LogP contribution in [0.15, 0.2) is 18.2 Å². The van der Waals surface area contributed by atoms with Crippen molar-refractivity contribution in [3.63, 3.8) is 0 Å². The summed E-state index contributed by atoms with van der Waals surface area (Å²) in [6.07, 6.45) is 0. The molecule has 0 bridgehead atoms. The highest BCUT2D eigenvalue weighted by Crippen LogP contribution is 2.24. The Morgan fingerprint density at radius 3 is 2.76 bits per heavy atom. The fourth-order valence-electron chi connectivity index (χ4n) is 1.97. The topological polar surface area (TPSA) is 24.2 Å². The van der Waals surface area contributed by atoms with Crippen LogP contribution in [0.3, 0.4) is 0 Å². The highest BCUT2D eigenvalue weighted by Gasteiger charge is 2.17. The third kappa shape index (κ3) is 2.05. The fourth-order valence-corrected chi connectivity index (χ4v) is 3.04. The summed E-state index contributed by atoms with van der Waals surface area (Å²) in [5.41, 5.74) is 2.16. The Labute approximate surface area is 105 Å². The van der Waals surface area contributed by atoms with Crippen molar-refractivity contribution >= 4 is 33.1 Å². The van der Waals surface area contributed by atoms with Gasteiger partial charge in [0.15, 0.2) is 0 Å². The normalized spacial score (nSPS) is 10.8. The van der Waals surface area contributed by atoms with E-state index in [2.05, 4.69) is 30.5 Å². The molecule has 0 radical (unpaired) electrons. The lowest BCUT2D eigenvalue weighted by molar-refractivity contribution is -0.669. The van der Waals surface area contributed by atoms with Crippen LogP contribution >= 0.6 is 11.3 Å². The number of rotatable bonds is 2. The maximum atomic E-state index is 11.4. The van der Waals surface area contributed by atoms with Crippen molar-refractivity contribution in [1.29, 1.82) is 0 Å². The minimum atomic E-state index is 0.0550. The van der Waals surface area contributed by atoms with Crippen LogP contribution in [0.2, 0.25) is 0 Å². The van der Waals surface area contributed by atoms with E-state index in [1.165, 1.54) is 15.2 Å². The largest absolute Gasteiger partial charge is 0.315 e. The number of hydrogen-bond donors (Lipinski definition) is 0. The zero-order chi connectivity index (χ0) is 12.6. The van der Waals surface area contributed by atoms with Crippen LogP contribution < -0.4 is 9.47 Å². The number of fused-ring (bicyclic) bond motifs is 1. The number of aryl methyl sites for hydroxylation is 2. The van der Waals surface area contributed by atoms with Crippen LogP contribution in [-0.2, 0) is 11.3 Å². The van der Waals surface area contributed by atoms with Gasteiger partial charge in [0.1, 0.15) is 11.2 Å². The molecule has 0 N–H and O–H groups in total. The molecule has 0 saturated heterocycles. The quantitative estimate of drug-likeness (QED) is 0.750. The molecule has 90 valence electrons. The van der Waals surface area contributed by atoms with Gasteiger partial charge in [-0.1, -0.05) is 11.3 Å². The average Bonchev–Trinajstić information content (AvgIpc) is 2.62.